The van der Waals surface area contributed by atoms with Gasteiger partial charge in [-0.15, -0.1) is 0 Å². The fourth-order valence-electron chi connectivity index (χ4n) is 3.33. The van der Waals surface area contributed by atoms with Crippen LogP contribution in [0.4, 0.5) is 0 Å². The number of hydrogen-bond acceptors (Lipinski definition) is 8. The molecular formula is C29H28N2O7. The van der Waals surface area contributed by atoms with Crippen molar-refractivity contribution in [2.24, 2.45) is 0 Å². The molecule has 0 spiro atoms. The molecule has 9 heteroatoms. The molecule has 0 radical (unpaired) electrons. The highest BCUT2D eigenvalue weighted by Crippen LogP contribution is 2.30. The average molecular weight is 517 g/mol. The van der Waals surface area contributed by atoms with Crippen LogP contribution in [0, 0.1) is 11.3 Å². The molecule has 0 aliphatic heterocycles. The van der Waals surface area contributed by atoms with Gasteiger partial charge in [-0.05, 0) is 73.5 Å². The smallest absolute Gasteiger partial charge is 0.336 e. The molecule has 2 aromatic carbocycles. The highest BCUT2D eigenvalue weighted by Gasteiger charge is 2.13. The molecule has 9 nitrogen and oxygen atoms in total. The van der Waals surface area contributed by atoms with Crippen molar-refractivity contribution in [1.82, 2.24) is 5.32 Å². The molecule has 0 saturated heterocycles. The summed E-state index contributed by atoms with van der Waals surface area (Å²) in [6.45, 7) is 4.64. The lowest BCUT2D eigenvalue weighted by atomic mass is 10.1. The SMILES string of the molecule is CCOc1ccc(/C=C/C(=O)Oc2ccc(/C=C(\C#N)C(=O)NCc3ccco3)cc2OCC)cc1OC. The molecular weight excluding hydrogens is 488 g/mol. The number of nitriles is 1. The number of carbonyl (C=O) groups is 2. The number of furan rings is 1. The fraction of sp³-hybridized carbons (Fsp3) is 0.207. The van der Waals surface area contributed by atoms with Crippen molar-refractivity contribution in [3.05, 3.63) is 83.3 Å². The van der Waals surface area contributed by atoms with E-state index in [-0.39, 0.29) is 17.9 Å². The first kappa shape index (κ1) is 27.6. The van der Waals surface area contributed by atoms with E-state index in [9.17, 15) is 14.9 Å². The molecule has 0 unspecified atom stereocenters. The summed E-state index contributed by atoms with van der Waals surface area (Å²) in [5.74, 6) is 1.06. The Morgan fingerprint density at radius 3 is 2.37 bits per heavy atom. The van der Waals surface area contributed by atoms with Crippen molar-refractivity contribution < 1.29 is 33.0 Å². The van der Waals surface area contributed by atoms with Crippen LogP contribution < -0.4 is 24.3 Å². The van der Waals surface area contributed by atoms with Gasteiger partial charge < -0.3 is 28.7 Å². The van der Waals surface area contributed by atoms with Gasteiger partial charge in [0.2, 0.25) is 0 Å². The molecule has 1 aromatic heterocycles. The maximum atomic E-state index is 12.5. The van der Waals surface area contributed by atoms with Crippen LogP contribution in [0.1, 0.15) is 30.7 Å². The second-order valence-electron chi connectivity index (χ2n) is 7.67. The fourth-order valence-corrected chi connectivity index (χ4v) is 3.33. The van der Waals surface area contributed by atoms with E-state index in [1.165, 1.54) is 24.5 Å². The number of carbonyl (C=O) groups excluding carboxylic acids is 2. The predicted octanol–water partition coefficient (Wildman–Crippen LogP) is 4.93. The van der Waals surface area contributed by atoms with Crippen LogP contribution in [0.2, 0.25) is 0 Å². The van der Waals surface area contributed by atoms with E-state index >= 15 is 0 Å². The third-order valence-corrected chi connectivity index (χ3v) is 5.06. The Morgan fingerprint density at radius 2 is 1.68 bits per heavy atom. The minimum atomic E-state index is -0.614. The number of methoxy groups -OCH3 is 1. The van der Waals surface area contributed by atoms with Crippen LogP contribution >= 0.6 is 0 Å². The van der Waals surface area contributed by atoms with Gasteiger partial charge >= 0.3 is 5.97 Å². The second kappa shape index (κ2) is 13.9. The van der Waals surface area contributed by atoms with Crippen LogP contribution in [-0.4, -0.2) is 32.2 Å². The first-order chi connectivity index (χ1) is 18.5. The summed E-state index contributed by atoms with van der Waals surface area (Å²) >= 11 is 0. The van der Waals surface area contributed by atoms with E-state index in [0.717, 1.165) is 5.56 Å². The minimum absolute atomic E-state index is 0.0996. The Bertz CT molecular complexity index is 1350. The van der Waals surface area contributed by atoms with E-state index in [1.807, 2.05) is 13.0 Å². The van der Waals surface area contributed by atoms with Gasteiger partial charge in [-0.2, -0.15) is 5.26 Å². The molecule has 1 N–H and O–H groups in total. The van der Waals surface area contributed by atoms with Crippen LogP contribution in [0.15, 0.2) is 70.9 Å². The number of nitrogens with zero attached hydrogens (tertiary/aromatic N) is 1. The lowest BCUT2D eigenvalue weighted by molar-refractivity contribution is -0.129. The highest BCUT2D eigenvalue weighted by atomic mass is 16.6. The Balaban J connectivity index is 1.71. The number of amides is 1. The van der Waals surface area contributed by atoms with Crippen LogP contribution in [0.25, 0.3) is 12.2 Å². The molecule has 196 valence electrons. The topological polar surface area (TPSA) is 120 Å². The summed E-state index contributed by atoms with van der Waals surface area (Å²) in [4.78, 5) is 24.9. The molecule has 0 saturated carbocycles. The largest absolute Gasteiger partial charge is 0.493 e. The van der Waals surface area contributed by atoms with Crippen molar-refractivity contribution in [2.45, 2.75) is 20.4 Å². The third-order valence-electron chi connectivity index (χ3n) is 5.06. The minimum Gasteiger partial charge on any atom is -0.493 e. The van der Waals surface area contributed by atoms with Gasteiger partial charge in [-0.1, -0.05) is 12.1 Å². The van der Waals surface area contributed by atoms with Gasteiger partial charge in [-0.25, -0.2) is 4.79 Å². The Hall–Kier alpha value is -4.97. The molecule has 1 amide bonds. The van der Waals surface area contributed by atoms with Crippen molar-refractivity contribution >= 4 is 24.0 Å². The standard InChI is InChI=1S/C29H28N2O7/c1-4-35-24-11-8-20(16-26(24)34-3)10-13-28(32)38-25-12-9-21(17-27(25)36-5-2)15-22(18-30)29(33)31-19-23-7-6-14-37-23/h6-17H,4-5,19H2,1-3H3,(H,31,33)/b13-10+,22-15+. The third kappa shape index (κ3) is 7.77. The Kier molecular flexibility index (Phi) is 10.1. The van der Waals surface area contributed by atoms with Gasteiger partial charge in [0.15, 0.2) is 23.0 Å². The molecule has 0 aliphatic rings. The second-order valence-corrected chi connectivity index (χ2v) is 7.67. The first-order valence-electron chi connectivity index (χ1n) is 11.9. The zero-order valence-corrected chi connectivity index (χ0v) is 21.4. The summed E-state index contributed by atoms with van der Waals surface area (Å²) in [6, 6.07) is 15.4. The van der Waals surface area contributed by atoms with E-state index < -0.39 is 11.9 Å². The zero-order valence-electron chi connectivity index (χ0n) is 21.4. The quantitative estimate of drug-likeness (QED) is 0.156. The summed E-state index contributed by atoms with van der Waals surface area (Å²) in [5.41, 5.74) is 1.15. The van der Waals surface area contributed by atoms with Gasteiger partial charge in [-0.3, -0.25) is 4.79 Å². The van der Waals surface area contributed by atoms with Crippen molar-refractivity contribution in [3.8, 4) is 29.1 Å². The maximum Gasteiger partial charge on any atom is 0.336 e. The van der Waals surface area contributed by atoms with Crippen LogP contribution in [0.5, 0.6) is 23.0 Å². The lowest BCUT2D eigenvalue weighted by Crippen LogP contribution is -2.23. The van der Waals surface area contributed by atoms with Gasteiger partial charge in [0, 0.05) is 6.08 Å². The number of nitrogens with one attached hydrogen (secondary N) is 1. The molecule has 38 heavy (non-hydrogen) atoms. The van der Waals surface area contributed by atoms with E-state index in [0.29, 0.717) is 41.8 Å². The molecule has 0 atom stereocenters. The molecule has 0 aliphatic carbocycles. The van der Waals surface area contributed by atoms with Gasteiger partial charge in [0.25, 0.3) is 5.91 Å². The number of ether oxygens (including phenoxy) is 4. The number of rotatable bonds is 12. The van der Waals surface area contributed by atoms with Gasteiger partial charge in [0.1, 0.15) is 17.4 Å². The zero-order chi connectivity index (χ0) is 27.3. The summed E-state index contributed by atoms with van der Waals surface area (Å²) in [6.07, 6.45) is 5.80. The molecule has 3 aromatic rings. The van der Waals surface area contributed by atoms with Crippen molar-refractivity contribution in [3.63, 3.8) is 0 Å². The monoisotopic (exact) mass is 516 g/mol. The van der Waals surface area contributed by atoms with Gasteiger partial charge in [0.05, 0.1) is 33.1 Å². The maximum absolute atomic E-state index is 12.5. The first-order valence-corrected chi connectivity index (χ1v) is 11.9. The summed E-state index contributed by atoms with van der Waals surface area (Å²) < 4.78 is 27.1. The number of esters is 1. The molecule has 0 fully saturated rings. The van der Waals surface area contributed by atoms with Crippen LogP contribution in [-0.2, 0) is 16.1 Å². The normalized spacial score (nSPS) is 11.1. The van der Waals surface area contributed by atoms with E-state index in [4.69, 9.17) is 23.4 Å². The van der Waals surface area contributed by atoms with Crippen molar-refractivity contribution in [2.75, 3.05) is 20.3 Å². The molecule has 3 rings (SSSR count). The van der Waals surface area contributed by atoms with E-state index in [1.54, 1.807) is 62.6 Å². The summed E-state index contributed by atoms with van der Waals surface area (Å²) in [7, 11) is 1.54. The highest BCUT2D eigenvalue weighted by molar-refractivity contribution is 6.01. The average Bonchev–Trinajstić information content (AvgIpc) is 3.45. The molecule has 1 heterocycles. The predicted molar refractivity (Wildman–Crippen MR) is 141 cm³/mol. The van der Waals surface area contributed by atoms with Crippen molar-refractivity contribution in [1.29, 1.82) is 5.26 Å². The Morgan fingerprint density at radius 1 is 0.974 bits per heavy atom. The molecule has 0 bridgehead atoms. The van der Waals surface area contributed by atoms with E-state index in [2.05, 4.69) is 5.32 Å². The Labute approximate surface area is 220 Å². The number of hydrogen-bond donors (Lipinski definition) is 1. The number of benzene rings is 2. The summed E-state index contributed by atoms with van der Waals surface area (Å²) in [5, 5.41) is 12.1. The van der Waals surface area contributed by atoms with Crippen LogP contribution in [0.3, 0.4) is 0 Å². The lowest BCUT2D eigenvalue weighted by Gasteiger charge is -2.11.